The Morgan fingerprint density at radius 2 is 1.94 bits per heavy atom. The molecule has 0 atom stereocenters. The first-order valence-electron chi connectivity index (χ1n) is 5.84. The predicted molar refractivity (Wildman–Crippen MR) is 77.5 cm³/mol. The molecule has 0 spiro atoms. The molecule has 0 saturated carbocycles. The second kappa shape index (κ2) is 5.68. The average Bonchev–Trinajstić information content (AvgIpc) is 2.83. The maximum Gasteiger partial charge on any atom is 0.135 e. The predicted octanol–water partition coefficient (Wildman–Crippen LogP) is 5.32. The van der Waals surface area contributed by atoms with Crippen LogP contribution >= 0.6 is 23.2 Å². The Hall–Kier alpha value is -1.12. The molecule has 1 heterocycles. The zero-order chi connectivity index (χ0) is 13.1. The van der Waals surface area contributed by atoms with E-state index in [9.17, 15) is 0 Å². The van der Waals surface area contributed by atoms with Gasteiger partial charge >= 0.3 is 0 Å². The van der Waals surface area contributed by atoms with Crippen LogP contribution in [0.2, 0.25) is 10.0 Å². The molecule has 18 heavy (non-hydrogen) atoms. The summed E-state index contributed by atoms with van der Waals surface area (Å²) in [6, 6.07) is 7.42. The molecule has 0 unspecified atom stereocenters. The maximum absolute atomic E-state index is 6.06. The first kappa shape index (κ1) is 13.3. The van der Waals surface area contributed by atoms with Gasteiger partial charge in [-0.3, -0.25) is 0 Å². The summed E-state index contributed by atoms with van der Waals surface area (Å²) in [7, 11) is 0. The van der Waals surface area contributed by atoms with Crippen LogP contribution in [0.25, 0.3) is 11.3 Å². The van der Waals surface area contributed by atoms with Crippen LogP contribution in [0.5, 0.6) is 0 Å². The topological polar surface area (TPSA) is 25.2 Å². The Morgan fingerprint density at radius 3 is 2.56 bits per heavy atom. The lowest BCUT2D eigenvalue weighted by Crippen LogP contribution is -2.08. The summed E-state index contributed by atoms with van der Waals surface area (Å²) in [6.07, 6.45) is 1.64. The number of rotatable bonds is 4. The first-order chi connectivity index (χ1) is 8.58. The molecular formula is C14H15Cl2NO. The molecular weight excluding hydrogens is 269 g/mol. The largest absolute Gasteiger partial charge is 0.464 e. The summed E-state index contributed by atoms with van der Waals surface area (Å²) >= 11 is 12.1. The normalized spacial score (nSPS) is 10.9. The fourth-order valence-corrected chi connectivity index (χ4v) is 1.97. The standard InChI is InChI=1S/C14H15Cl2NO/c1-9(2)8-17-13-7-12(16)11(15)6-10(13)14-4-3-5-18-14/h3-7,9,17H,8H2,1-2H3. The molecule has 2 rings (SSSR count). The Labute approximate surface area is 117 Å². The van der Waals surface area contributed by atoms with Crippen LogP contribution in [0.1, 0.15) is 13.8 Å². The molecule has 0 fully saturated rings. The average molecular weight is 284 g/mol. The molecule has 1 aromatic heterocycles. The molecule has 0 saturated heterocycles. The summed E-state index contributed by atoms with van der Waals surface area (Å²) < 4.78 is 5.42. The lowest BCUT2D eigenvalue weighted by atomic mass is 10.1. The van der Waals surface area contributed by atoms with E-state index in [1.807, 2.05) is 24.3 Å². The Kier molecular flexibility index (Phi) is 4.20. The number of benzene rings is 1. The summed E-state index contributed by atoms with van der Waals surface area (Å²) in [4.78, 5) is 0. The van der Waals surface area contributed by atoms with Gasteiger partial charge in [0.2, 0.25) is 0 Å². The van der Waals surface area contributed by atoms with E-state index in [-0.39, 0.29) is 0 Å². The van der Waals surface area contributed by atoms with Gasteiger partial charge in [-0.25, -0.2) is 0 Å². The highest BCUT2D eigenvalue weighted by Crippen LogP contribution is 2.35. The van der Waals surface area contributed by atoms with Crippen molar-refractivity contribution in [1.82, 2.24) is 0 Å². The van der Waals surface area contributed by atoms with Crippen LogP contribution in [0, 0.1) is 5.92 Å². The van der Waals surface area contributed by atoms with E-state index in [2.05, 4.69) is 19.2 Å². The molecule has 1 aromatic carbocycles. The van der Waals surface area contributed by atoms with Gasteiger partial charge < -0.3 is 9.73 Å². The maximum atomic E-state index is 6.06. The van der Waals surface area contributed by atoms with Crippen molar-refractivity contribution >= 4 is 28.9 Å². The summed E-state index contributed by atoms with van der Waals surface area (Å²) in [6.45, 7) is 5.17. The van der Waals surface area contributed by atoms with Gasteiger partial charge in [-0.2, -0.15) is 0 Å². The number of hydrogen-bond acceptors (Lipinski definition) is 2. The molecule has 2 nitrogen and oxygen atoms in total. The van der Waals surface area contributed by atoms with Crippen molar-refractivity contribution in [3.8, 4) is 11.3 Å². The van der Waals surface area contributed by atoms with E-state index in [0.717, 1.165) is 23.6 Å². The van der Waals surface area contributed by atoms with Gasteiger partial charge in [-0.05, 0) is 30.2 Å². The minimum atomic E-state index is 0.526. The third-order valence-electron chi connectivity index (χ3n) is 2.55. The highest BCUT2D eigenvalue weighted by Gasteiger charge is 2.11. The van der Waals surface area contributed by atoms with Gasteiger partial charge in [-0.15, -0.1) is 0 Å². The van der Waals surface area contributed by atoms with Crippen molar-refractivity contribution in [2.75, 3.05) is 11.9 Å². The minimum Gasteiger partial charge on any atom is -0.464 e. The molecule has 1 N–H and O–H groups in total. The van der Waals surface area contributed by atoms with Crippen molar-refractivity contribution in [2.45, 2.75) is 13.8 Å². The second-order valence-electron chi connectivity index (χ2n) is 4.56. The zero-order valence-corrected chi connectivity index (χ0v) is 11.8. The Morgan fingerprint density at radius 1 is 1.22 bits per heavy atom. The van der Waals surface area contributed by atoms with Gasteiger partial charge in [0, 0.05) is 17.8 Å². The fraction of sp³-hybridized carbons (Fsp3) is 0.286. The number of hydrogen-bond donors (Lipinski definition) is 1. The summed E-state index contributed by atoms with van der Waals surface area (Å²) in [5.74, 6) is 1.32. The van der Waals surface area contributed by atoms with Crippen LogP contribution in [0.15, 0.2) is 34.9 Å². The van der Waals surface area contributed by atoms with Crippen molar-refractivity contribution in [1.29, 1.82) is 0 Å². The molecule has 0 bridgehead atoms. The van der Waals surface area contributed by atoms with Crippen LogP contribution in [-0.2, 0) is 0 Å². The summed E-state index contributed by atoms with van der Waals surface area (Å²) in [5.41, 5.74) is 1.86. The van der Waals surface area contributed by atoms with Gasteiger partial charge in [0.25, 0.3) is 0 Å². The van der Waals surface area contributed by atoms with Crippen molar-refractivity contribution < 1.29 is 4.42 Å². The van der Waals surface area contributed by atoms with Gasteiger partial charge in [-0.1, -0.05) is 37.0 Å². The van der Waals surface area contributed by atoms with E-state index in [1.165, 1.54) is 0 Å². The highest BCUT2D eigenvalue weighted by molar-refractivity contribution is 6.42. The van der Waals surface area contributed by atoms with Crippen LogP contribution < -0.4 is 5.32 Å². The first-order valence-corrected chi connectivity index (χ1v) is 6.60. The number of halogens is 2. The summed E-state index contributed by atoms with van der Waals surface area (Å²) in [5, 5.41) is 4.43. The number of furan rings is 1. The molecule has 4 heteroatoms. The van der Waals surface area contributed by atoms with Crippen molar-refractivity contribution in [3.63, 3.8) is 0 Å². The monoisotopic (exact) mass is 283 g/mol. The van der Waals surface area contributed by atoms with E-state index >= 15 is 0 Å². The molecule has 0 amide bonds. The third-order valence-corrected chi connectivity index (χ3v) is 3.27. The third kappa shape index (κ3) is 3.01. The quantitative estimate of drug-likeness (QED) is 0.821. The number of anilines is 1. The number of nitrogens with one attached hydrogen (secondary N) is 1. The lowest BCUT2D eigenvalue weighted by Gasteiger charge is -2.13. The van der Waals surface area contributed by atoms with E-state index < -0.39 is 0 Å². The van der Waals surface area contributed by atoms with Gasteiger partial charge in [0.1, 0.15) is 5.76 Å². The molecule has 96 valence electrons. The molecule has 0 radical (unpaired) electrons. The van der Waals surface area contributed by atoms with Crippen molar-refractivity contribution in [2.24, 2.45) is 5.92 Å². The Bertz CT molecular complexity index is 521. The minimum absolute atomic E-state index is 0.526. The van der Waals surface area contributed by atoms with E-state index in [0.29, 0.717) is 16.0 Å². The van der Waals surface area contributed by atoms with Crippen LogP contribution in [0.3, 0.4) is 0 Å². The van der Waals surface area contributed by atoms with E-state index in [4.69, 9.17) is 27.6 Å². The van der Waals surface area contributed by atoms with Crippen LogP contribution in [0.4, 0.5) is 5.69 Å². The highest BCUT2D eigenvalue weighted by atomic mass is 35.5. The zero-order valence-electron chi connectivity index (χ0n) is 10.3. The molecule has 2 aromatic rings. The molecule has 0 aliphatic heterocycles. The van der Waals surface area contributed by atoms with E-state index in [1.54, 1.807) is 6.26 Å². The lowest BCUT2D eigenvalue weighted by molar-refractivity contribution is 0.582. The fourth-order valence-electron chi connectivity index (χ4n) is 1.64. The van der Waals surface area contributed by atoms with Gasteiger partial charge in [0.15, 0.2) is 0 Å². The van der Waals surface area contributed by atoms with Gasteiger partial charge in [0.05, 0.1) is 16.3 Å². The SMILES string of the molecule is CC(C)CNc1cc(Cl)c(Cl)cc1-c1ccco1. The van der Waals surface area contributed by atoms with Crippen LogP contribution in [-0.4, -0.2) is 6.54 Å². The van der Waals surface area contributed by atoms with Crippen molar-refractivity contribution in [3.05, 3.63) is 40.6 Å². The molecule has 0 aliphatic carbocycles. The smallest absolute Gasteiger partial charge is 0.135 e. The second-order valence-corrected chi connectivity index (χ2v) is 5.38. The Balaban J connectivity index is 2.39. The molecule has 0 aliphatic rings.